The van der Waals surface area contributed by atoms with Gasteiger partial charge in [-0.05, 0) is 0 Å². The van der Waals surface area contributed by atoms with Crippen LogP contribution < -0.4 is 11.2 Å². The number of aromatic amines is 1. The second-order valence-corrected chi connectivity index (χ2v) is 2.23. The average Bonchev–Trinajstić information content (AvgIpc) is 2.03. The van der Waals surface area contributed by atoms with Gasteiger partial charge < -0.3 is 10.2 Å². The van der Waals surface area contributed by atoms with Crippen LogP contribution >= 0.6 is 0 Å². The fraction of sp³-hybridized carbons (Fsp3) is 0.167. The van der Waals surface area contributed by atoms with E-state index in [1.54, 1.807) is 4.98 Å². The van der Waals surface area contributed by atoms with Crippen LogP contribution in [0.2, 0.25) is 0 Å². The molecule has 0 amide bonds. The fourth-order valence-electron chi connectivity index (χ4n) is 0.739. The van der Waals surface area contributed by atoms with E-state index >= 15 is 0 Å². The molecule has 0 aliphatic heterocycles. The highest BCUT2D eigenvalue weighted by Gasteiger charge is 2.16. The Bertz CT molecular complexity index is 431. The number of carbonyl (C=O) groups is 1. The number of carboxylic acids is 1. The number of carboxylic acid groups (broad SMARTS) is 1. The number of aliphatic carboxylic acids is 1. The number of nitrogens with zero attached hydrogens (tertiary/aromatic N) is 1. The van der Waals surface area contributed by atoms with Gasteiger partial charge in [0.05, 0.1) is 0 Å². The van der Waals surface area contributed by atoms with Gasteiger partial charge in [-0.2, -0.15) is 0 Å². The summed E-state index contributed by atoms with van der Waals surface area (Å²) in [6.07, 6.45) is -1.08. The van der Waals surface area contributed by atoms with Crippen molar-refractivity contribution in [1.82, 2.24) is 9.55 Å². The van der Waals surface area contributed by atoms with Crippen LogP contribution in [0.4, 0.5) is 0 Å². The Morgan fingerprint density at radius 2 is 2.15 bits per heavy atom. The molecule has 0 bridgehead atoms. The van der Waals surface area contributed by atoms with Crippen molar-refractivity contribution in [3.63, 3.8) is 0 Å². The summed E-state index contributed by atoms with van der Waals surface area (Å²) in [4.78, 5) is 33.4. The molecule has 0 aliphatic carbocycles. The minimum absolute atomic E-state index is 0.490. The first kappa shape index (κ1) is 9.20. The second kappa shape index (κ2) is 3.23. The summed E-state index contributed by atoms with van der Waals surface area (Å²) in [6, 6.07) is 0.938. The van der Waals surface area contributed by atoms with Crippen LogP contribution in [0.25, 0.3) is 0 Å². The van der Waals surface area contributed by atoms with E-state index in [1.165, 1.54) is 0 Å². The van der Waals surface area contributed by atoms with Crippen molar-refractivity contribution >= 4 is 5.97 Å². The molecule has 1 unspecified atom stereocenters. The van der Waals surface area contributed by atoms with E-state index in [9.17, 15) is 14.4 Å². The topological polar surface area (TPSA) is 112 Å². The van der Waals surface area contributed by atoms with Gasteiger partial charge in [-0.1, -0.05) is 0 Å². The highest BCUT2D eigenvalue weighted by Crippen LogP contribution is 1.94. The Morgan fingerprint density at radius 1 is 1.54 bits per heavy atom. The zero-order valence-corrected chi connectivity index (χ0v) is 6.30. The summed E-state index contributed by atoms with van der Waals surface area (Å²) in [7, 11) is 0. The monoisotopic (exact) mass is 186 g/mol. The summed E-state index contributed by atoms with van der Waals surface area (Å²) < 4.78 is 0.490. The van der Waals surface area contributed by atoms with Gasteiger partial charge >= 0.3 is 11.7 Å². The zero-order valence-electron chi connectivity index (χ0n) is 6.30. The Kier molecular flexibility index (Phi) is 2.29. The lowest BCUT2D eigenvalue weighted by atomic mass is 10.5. The van der Waals surface area contributed by atoms with E-state index in [0.717, 1.165) is 12.3 Å². The van der Waals surface area contributed by atoms with Crippen LogP contribution in [0.3, 0.4) is 0 Å². The van der Waals surface area contributed by atoms with Crippen LogP contribution in [-0.2, 0) is 4.79 Å². The molecule has 0 aromatic carbocycles. The van der Waals surface area contributed by atoms with Crippen molar-refractivity contribution in [2.75, 3.05) is 0 Å². The third-order valence-electron chi connectivity index (χ3n) is 1.34. The number of nitrogens with one attached hydrogen (secondary N) is 1. The molecule has 70 valence electrons. The van der Waals surface area contributed by atoms with E-state index in [0.29, 0.717) is 4.57 Å². The Hall–Kier alpha value is -1.89. The Balaban J connectivity index is 3.24. The molecule has 7 nitrogen and oxygen atoms in total. The molecule has 0 spiro atoms. The maximum Gasteiger partial charge on any atom is 0.354 e. The van der Waals surface area contributed by atoms with Gasteiger partial charge in [0.2, 0.25) is 6.23 Å². The van der Waals surface area contributed by atoms with Gasteiger partial charge in [0.25, 0.3) is 5.56 Å². The minimum Gasteiger partial charge on any atom is -0.478 e. The predicted octanol–water partition coefficient (Wildman–Crippen LogP) is -1.89. The van der Waals surface area contributed by atoms with Crippen LogP contribution in [0.5, 0.6) is 0 Å². The number of H-pyrrole nitrogens is 1. The quantitative estimate of drug-likeness (QED) is 0.500. The van der Waals surface area contributed by atoms with Gasteiger partial charge in [-0.3, -0.25) is 14.3 Å². The summed E-state index contributed by atoms with van der Waals surface area (Å²) in [5.41, 5.74) is -1.62. The first-order valence-corrected chi connectivity index (χ1v) is 3.24. The molecule has 1 aromatic rings. The summed E-state index contributed by atoms with van der Waals surface area (Å²) in [5.74, 6) is -1.57. The molecule has 1 aromatic heterocycles. The van der Waals surface area contributed by atoms with Gasteiger partial charge in [-0.15, -0.1) is 0 Å². The number of aliphatic hydroxyl groups excluding tert-OH is 1. The predicted molar refractivity (Wildman–Crippen MR) is 40.2 cm³/mol. The lowest BCUT2D eigenvalue weighted by Crippen LogP contribution is -2.34. The fourth-order valence-corrected chi connectivity index (χ4v) is 0.739. The lowest BCUT2D eigenvalue weighted by molar-refractivity contribution is -0.152. The van der Waals surface area contributed by atoms with Crippen molar-refractivity contribution in [1.29, 1.82) is 0 Å². The van der Waals surface area contributed by atoms with Crippen LogP contribution in [0, 0.1) is 0 Å². The molecular formula is C6H6N2O5. The first-order chi connectivity index (χ1) is 6.02. The largest absolute Gasteiger partial charge is 0.478 e. The SMILES string of the molecule is O=C(O)C(O)n1ccc(=O)[nH]c1=O. The Labute approximate surface area is 70.9 Å². The third kappa shape index (κ3) is 1.82. The summed E-state index contributed by atoms with van der Waals surface area (Å²) in [6.45, 7) is 0. The van der Waals surface area contributed by atoms with E-state index in [1.807, 2.05) is 0 Å². The normalized spacial score (nSPS) is 12.4. The Morgan fingerprint density at radius 3 is 2.62 bits per heavy atom. The molecule has 7 heteroatoms. The number of rotatable bonds is 2. The van der Waals surface area contributed by atoms with E-state index in [2.05, 4.69) is 0 Å². The highest BCUT2D eigenvalue weighted by atomic mass is 16.4. The zero-order chi connectivity index (χ0) is 10.0. The van der Waals surface area contributed by atoms with Crippen molar-refractivity contribution in [2.24, 2.45) is 0 Å². The molecule has 1 atom stereocenters. The summed E-state index contributed by atoms with van der Waals surface area (Å²) >= 11 is 0. The van der Waals surface area contributed by atoms with E-state index in [-0.39, 0.29) is 0 Å². The smallest absolute Gasteiger partial charge is 0.354 e. The number of hydrogen-bond donors (Lipinski definition) is 3. The van der Waals surface area contributed by atoms with Gasteiger partial charge in [0.15, 0.2) is 0 Å². The van der Waals surface area contributed by atoms with Crippen molar-refractivity contribution in [2.45, 2.75) is 6.23 Å². The van der Waals surface area contributed by atoms with Crippen LogP contribution in [0.15, 0.2) is 21.9 Å². The molecule has 0 saturated carbocycles. The molecule has 3 N–H and O–H groups in total. The molecular weight excluding hydrogens is 180 g/mol. The first-order valence-electron chi connectivity index (χ1n) is 3.24. The number of aromatic nitrogens is 2. The molecule has 13 heavy (non-hydrogen) atoms. The molecule has 0 saturated heterocycles. The molecule has 0 aliphatic rings. The maximum atomic E-state index is 10.9. The average molecular weight is 186 g/mol. The van der Waals surface area contributed by atoms with Crippen LogP contribution in [0.1, 0.15) is 6.23 Å². The molecule has 1 heterocycles. The molecule has 0 fully saturated rings. The van der Waals surface area contributed by atoms with Gasteiger partial charge in [0, 0.05) is 12.3 Å². The minimum atomic E-state index is -1.98. The molecule has 0 radical (unpaired) electrons. The third-order valence-corrected chi connectivity index (χ3v) is 1.34. The molecule has 1 rings (SSSR count). The van der Waals surface area contributed by atoms with Crippen molar-refractivity contribution in [3.8, 4) is 0 Å². The highest BCUT2D eigenvalue weighted by molar-refractivity contribution is 5.69. The lowest BCUT2D eigenvalue weighted by Gasteiger charge is -2.06. The maximum absolute atomic E-state index is 10.9. The summed E-state index contributed by atoms with van der Waals surface area (Å²) in [5, 5.41) is 17.2. The standard InChI is InChI=1S/C6H6N2O5/c9-3-1-2-8(6(13)7-3)4(10)5(11)12/h1-2,4,10H,(H,11,12)(H,7,9,13). The van der Waals surface area contributed by atoms with Crippen LogP contribution in [-0.4, -0.2) is 25.7 Å². The van der Waals surface area contributed by atoms with Crippen molar-refractivity contribution < 1.29 is 15.0 Å². The van der Waals surface area contributed by atoms with Crippen molar-refractivity contribution in [3.05, 3.63) is 33.1 Å². The van der Waals surface area contributed by atoms with Gasteiger partial charge in [0.1, 0.15) is 0 Å². The number of hydrogen-bond acceptors (Lipinski definition) is 4. The number of aliphatic hydroxyl groups is 1. The second-order valence-electron chi connectivity index (χ2n) is 2.23. The van der Waals surface area contributed by atoms with Gasteiger partial charge in [-0.25, -0.2) is 9.59 Å². The van der Waals surface area contributed by atoms with E-state index in [4.69, 9.17) is 10.2 Å². The van der Waals surface area contributed by atoms with E-state index < -0.39 is 23.4 Å².